The van der Waals surface area contributed by atoms with Gasteiger partial charge in [-0.1, -0.05) is 42.0 Å². The maximum Gasteiger partial charge on any atom is 0.185 e. The van der Waals surface area contributed by atoms with Gasteiger partial charge in [0.25, 0.3) is 0 Å². The molecule has 1 aliphatic carbocycles. The lowest BCUT2D eigenvalue weighted by atomic mass is 9.90. The minimum absolute atomic E-state index is 0.328. The summed E-state index contributed by atoms with van der Waals surface area (Å²) >= 11 is 0. The molecule has 2 N–H and O–H groups in total. The van der Waals surface area contributed by atoms with E-state index < -0.39 is 0 Å². The summed E-state index contributed by atoms with van der Waals surface area (Å²) in [6.07, 6.45) is 3.96. The average molecular weight is 354 g/mol. The van der Waals surface area contributed by atoms with Crippen molar-refractivity contribution in [3.8, 4) is 11.3 Å². The lowest BCUT2D eigenvalue weighted by molar-refractivity contribution is 0.870. The highest BCUT2D eigenvalue weighted by Crippen LogP contribution is 2.35. The molecule has 2 aromatic heterocycles. The van der Waals surface area contributed by atoms with Crippen molar-refractivity contribution < 1.29 is 0 Å². The summed E-state index contributed by atoms with van der Waals surface area (Å²) < 4.78 is 1.71. The summed E-state index contributed by atoms with van der Waals surface area (Å²) in [5.41, 5.74) is 13.8. The van der Waals surface area contributed by atoms with Crippen molar-refractivity contribution in [1.82, 2.24) is 14.6 Å². The summed E-state index contributed by atoms with van der Waals surface area (Å²) in [5.74, 6) is 0.328. The molecule has 2 heterocycles. The number of hydrogen-bond donors (Lipinski definition) is 1. The van der Waals surface area contributed by atoms with Crippen LogP contribution in [0.25, 0.3) is 16.9 Å². The largest absolute Gasteiger partial charge is 0.380 e. The van der Waals surface area contributed by atoms with Crippen LogP contribution in [-0.2, 0) is 12.8 Å². The van der Waals surface area contributed by atoms with Crippen molar-refractivity contribution in [2.75, 3.05) is 5.73 Å². The molecule has 0 unspecified atom stereocenters. The number of fused-ring (bicyclic) bond motifs is 4. The molecule has 0 saturated heterocycles. The topological polar surface area (TPSA) is 80.9 Å². The first kappa shape index (κ1) is 15.7. The molecule has 0 radical (unpaired) electrons. The molecule has 6 nitrogen and oxygen atoms in total. The molecule has 2 aromatic carbocycles. The highest BCUT2D eigenvalue weighted by molar-refractivity contribution is 5.79. The van der Waals surface area contributed by atoms with Crippen LogP contribution in [0, 0.1) is 6.92 Å². The minimum atomic E-state index is 0.328. The molecule has 6 heteroatoms. The summed E-state index contributed by atoms with van der Waals surface area (Å²) in [6, 6.07) is 16.2. The number of benzene rings is 2. The molecule has 132 valence electrons. The van der Waals surface area contributed by atoms with Crippen LogP contribution in [0.15, 0.2) is 65.0 Å². The molecular weight excluding hydrogens is 336 g/mol. The SMILES string of the molecule is Cc1ccc(N=Nc2c(N)nn3cc4c(nc23)-c2ccccc2CC4)cc1. The van der Waals surface area contributed by atoms with Gasteiger partial charge in [-0.2, -0.15) is 5.11 Å². The quantitative estimate of drug-likeness (QED) is 0.525. The van der Waals surface area contributed by atoms with Crippen molar-refractivity contribution in [2.24, 2.45) is 10.2 Å². The Morgan fingerprint density at radius 2 is 1.74 bits per heavy atom. The first-order chi connectivity index (χ1) is 13.2. The fraction of sp³-hybridized carbons (Fsp3) is 0.143. The van der Waals surface area contributed by atoms with Gasteiger partial charge in [-0.05, 0) is 43.0 Å². The van der Waals surface area contributed by atoms with E-state index in [1.54, 1.807) is 4.52 Å². The summed E-state index contributed by atoms with van der Waals surface area (Å²) in [5, 5.41) is 13.0. The molecular formula is C21H18N6. The van der Waals surface area contributed by atoms with Gasteiger partial charge in [0.05, 0.1) is 11.4 Å². The molecule has 0 bridgehead atoms. The number of azo groups is 1. The molecule has 27 heavy (non-hydrogen) atoms. The van der Waals surface area contributed by atoms with Crippen LogP contribution in [0.4, 0.5) is 17.2 Å². The van der Waals surface area contributed by atoms with Gasteiger partial charge in [0, 0.05) is 11.8 Å². The van der Waals surface area contributed by atoms with Gasteiger partial charge in [0.15, 0.2) is 17.2 Å². The van der Waals surface area contributed by atoms with E-state index in [4.69, 9.17) is 10.7 Å². The van der Waals surface area contributed by atoms with E-state index in [1.165, 1.54) is 22.3 Å². The van der Waals surface area contributed by atoms with Crippen molar-refractivity contribution in [3.05, 3.63) is 71.4 Å². The third-order valence-corrected chi connectivity index (χ3v) is 4.92. The molecule has 0 saturated carbocycles. The van der Waals surface area contributed by atoms with Crippen molar-refractivity contribution in [2.45, 2.75) is 19.8 Å². The maximum atomic E-state index is 6.11. The Kier molecular flexibility index (Phi) is 3.50. The Morgan fingerprint density at radius 1 is 0.963 bits per heavy atom. The Hall–Kier alpha value is -3.54. The standard InChI is InChI=1S/C21H18N6/c1-13-6-10-16(11-7-13)24-25-19-20(22)26-27-12-15-9-8-14-4-2-3-5-17(14)18(15)23-21(19)27/h2-7,10-12H,8-9H2,1H3,(H2,22,26). The fourth-order valence-corrected chi connectivity index (χ4v) is 3.48. The zero-order valence-corrected chi connectivity index (χ0v) is 14.9. The molecule has 0 atom stereocenters. The van der Waals surface area contributed by atoms with E-state index in [1.807, 2.05) is 43.5 Å². The minimum Gasteiger partial charge on any atom is -0.380 e. The van der Waals surface area contributed by atoms with Crippen LogP contribution in [0.1, 0.15) is 16.7 Å². The van der Waals surface area contributed by atoms with Crippen LogP contribution in [0.3, 0.4) is 0 Å². The Bertz CT molecular complexity index is 1190. The lowest BCUT2D eigenvalue weighted by Gasteiger charge is -2.18. The first-order valence-electron chi connectivity index (χ1n) is 8.93. The van der Waals surface area contributed by atoms with Crippen molar-refractivity contribution >= 4 is 22.8 Å². The maximum absolute atomic E-state index is 6.11. The summed E-state index contributed by atoms with van der Waals surface area (Å²) in [4.78, 5) is 4.87. The van der Waals surface area contributed by atoms with Gasteiger partial charge in [-0.15, -0.1) is 10.2 Å². The second-order valence-electron chi connectivity index (χ2n) is 6.81. The zero-order chi connectivity index (χ0) is 18.4. The van der Waals surface area contributed by atoms with E-state index in [-0.39, 0.29) is 0 Å². The van der Waals surface area contributed by atoms with E-state index >= 15 is 0 Å². The van der Waals surface area contributed by atoms with E-state index in [2.05, 4.69) is 33.5 Å². The number of aryl methyl sites for hydroxylation is 3. The Labute approximate surface area is 156 Å². The second kappa shape index (κ2) is 6.02. The summed E-state index contributed by atoms with van der Waals surface area (Å²) in [6.45, 7) is 2.04. The van der Waals surface area contributed by atoms with Gasteiger partial charge in [-0.3, -0.25) is 0 Å². The fourth-order valence-electron chi connectivity index (χ4n) is 3.48. The van der Waals surface area contributed by atoms with Crippen LogP contribution in [0.5, 0.6) is 0 Å². The van der Waals surface area contributed by atoms with Gasteiger partial charge >= 0.3 is 0 Å². The number of aromatic nitrogens is 3. The van der Waals surface area contributed by atoms with Crippen LogP contribution < -0.4 is 5.73 Å². The molecule has 0 aliphatic heterocycles. The normalized spacial score (nSPS) is 13.1. The lowest BCUT2D eigenvalue weighted by Crippen LogP contribution is -2.08. The zero-order valence-electron chi connectivity index (χ0n) is 14.9. The summed E-state index contributed by atoms with van der Waals surface area (Å²) in [7, 11) is 0. The first-order valence-corrected chi connectivity index (χ1v) is 8.93. The predicted octanol–water partition coefficient (Wildman–Crippen LogP) is 4.80. The molecule has 1 aliphatic rings. The monoisotopic (exact) mass is 354 g/mol. The molecule has 0 amide bonds. The second-order valence-corrected chi connectivity index (χ2v) is 6.81. The number of anilines is 1. The van der Waals surface area contributed by atoms with E-state index in [9.17, 15) is 0 Å². The molecule has 5 rings (SSSR count). The van der Waals surface area contributed by atoms with Crippen LogP contribution in [0.2, 0.25) is 0 Å². The highest BCUT2D eigenvalue weighted by atomic mass is 15.3. The number of nitrogens with zero attached hydrogens (tertiary/aromatic N) is 5. The van der Waals surface area contributed by atoms with Gasteiger partial charge in [0.2, 0.25) is 0 Å². The number of hydrogen-bond acceptors (Lipinski definition) is 5. The Morgan fingerprint density at radius 3 is 2.59 bits per heavy atom. The third-order valence-electron chi connectivity index (χ3n) is 4.92. The number of nitrogens with two attached hydrogens (primary N) is 1. The predicted molar refractivity (Wildman–Crippen MR) is 106 cm³/mol. The van der Waals surface area contributed by atoms with E-state index in [0.29, 0.717) is 17.2 Å². The third kappa shape index (κ3) is 2.66. The molecule has 4 aromatic rings. The van der Waals surface area contributed by atoms with Gasteiger partial charge in [-0.25, -0.2) is 9.50 Å². The van der Waals surface area contributed by atoms with Crippen LogP contribution in [-0.4, -0.2) is 14.6 Å². The Balaban J connectivity index is 1.64. The highest BCUT2D eigenvalue weighted by Gasteiger charge is 2.21. The smallest absolute Gasteiger partial charge is 0.185 e. The number of rotatable bonds is 2. The van der Waals surface area contributed by atoms with E-state index in [0.717, 1.165) is 24.2 Å². The van der Waals surface area contributed by atoms with Crippen molar-refractivity contribution in [1.29, 1.82) is 0 Å². The number of nitrogen functional groups attached to an aromatic ring is 1. The molecule has 0 spiro atoms. The van der Waals surface area contributed by atoms with Gasteiger partial charge < -0.3 is 5.73 Å². The van der Waals surface area contributed by atoms with Crippen molar-refractivity contribution in [3.63, 3.8) is 0 Å². The van der Waals surface area contributed by atoms with Gasteiger partial charge in [0.1, 0.15) is 0 Å². The molecule has 0 fully saturated rings. The average Bonchev–Trinajstić information content (AvgIpc) is 3.00. The van der Waals surface area contributed by atoms with Crippen LogP contribution >= 0.6 is 0 Å².